The second-order valence-electron chi connectivity index (χ2n) is 6.13. The number of carboxylic acids is 2. The Labute approximate surface area is 157 Å². The van der Waals surface area contributed by atoms with E-state index in [-0.39, 0.29) is 25.7 Å². The second-order valence-corrected chi connectivity index (χ2v) is 6.13. The van der Waals surface area contributed by atoms with Crippen molar-refractivity contribution in [3.05, 3.63) is 60.2 Å². The van der Waals surface area contributed by atoms with Gasteiger partial charge in [0.05, 0.1) is 0 Å². The monoisotopic (exact) mass is 370 g/mol. The van der Waals surface area contributed by atoms with Gasteiger partial charge in [-0.25, -0.2) is 4.79 Å². The number of rotatable bonds is 10. The van der Waals surface area contributed by atoms with Crippen LogP contribution in [-0.4, -0.2) is 34.2 Å². The van der Waals surface area contributed by atoms with E-state index in [1.165, 1.54) is 0 Å². The molecule has 0 aliphatic carbocycles. The number of carbonyl (C=O) groups is 3. The molecule has 2 rings (SSSR count). The molecule has 0 heterocycles. The summed E-state index contributed by atoms with van der Waals surface area (Å²) in [5.41, 5.74) is 3.01. The smallest absolute Gasteiger partial charge is 0.345 e. The molecule has 2 aromatic rings. The van der Waals surface area contributed by atoms with E-state index in [0.717, 1.165) is 16.7 Å². The van der Waals surface area contributed by atoms with Crippen molar-refractivity contribution in [2.75, 3.05) is 0 Å². The molecule has 142 valence electrons. The third-order valence-corrected chi connectivity index (χ3v) is 4.10. The lowest BCUT2D eigenvalue weighted by Crippen LogP contribution is -2.27. The molecule has 6 nitrogen and oxygen atoms in total. The maximum atomic E-state index is 11.8. The van der Waals surface area contributed by atoms with E-state index in [9.17, 15) is 19.5 Å². The van der Waals surface area contributed by atoms with Crippen molar-refractivity contribution in [1.82, 2.24) is 0 Å². The predicted octanol–water partition coefficient (Wildman–Crippen LogP) is 3.54. The first-order chi connectivity index (χ1) is 13.0. The number of ether oxygens (including phenoxy) is 1. The molecule has 0 fully saturated rings. The van der Waals surface area contributed by atoms with Crippen LogP contribution in [0.2, 0.25) is 0 Å². The van der Waals surface area contributed by atoms with Gasteiger partial charge in [-0.05, 0) is 36.0 Å². The number of hydrogen-bond donors (Lipinski definition) is 2. The van der Waals surface area contributed by atoms with Crippen LogP contribution in [0.3, 0.4) is 0 Å². The zero-order valence-corrected chi connectivity index (χ0v) is 14.8. The summed E-state index contributed by atoms with van der Waals surface area (Å²) in [5, 5.41) is 17.9. The van der Waals surface area contributed by atoms with Crippen molar-refractivity contribution in [3.63, 3.8) is 0 Å². The molecule has 6 heteroatoms. The van der Waals surface area contributed by atoms with Gasteiger partial charge in [-0.15, -0.1) is 0 Å². The average Bonchev–Trinajstić information content (AvgIpc) is 2.65. The Balaban J connectivity index is 1.99. The summed E-state index contributed by atoms with van der Waals surface area (Å²) in [6.45, 7) is 0. The fourth-order valence-corrected chi connectivity index (χ4v) is 2.76. The molecule has 0 amide bonds. The normalized spacial score (nSPS) is 11.6. The topological polar surface area (TPSA) is 101 Å². The van der Waals surface area contributed by atoms with Crippen molar-refractivity contribution in [3.8, 4) is 11.1 Å². The highest BCUT2D eigenvalue weighted by molar-refractivity contribution is 5.78. The second kappa shape index (κ2) is 10.1. The number of esters is 1. The van der Waals surface area contributed by atoms with Crippen LogP contribution in [0.15, 0.2) is 54.6 Å². The third-order valence-electron chi connectivity index (χ3n) is 4.10. The number of carbonyl (C=O) groups excluding carboxylic acids is 1. The molecule has 2 N–H and O–H groups in total. The van der Waals surface area contributed by atoms with Gasteiger partial charge in [0.15, 0.2) is 6.10 Å². The predicted molar refractivity (Wildman–Crippen MR) is 99.2 cm³/mol. The molecule has 0 aromatic heterocycles. The summed E-state index contributed by atoms with van der Waals surface area (Å²) in [7, 11) is 0. The summed E-state index contributed by atoms with van der Waals surface area (Å²) in [5.74, 6) is -2.91. The van der Waals surface area contributed by atoms with Crippen LogP contribution in [0, 0.1) is 0 Å². The lowest BCUT2D eigenvalue weighted by atomic mass is 9.96. The van der Waals surface area contributed by atoms with Crippen LogP contribution in [0.4, 0.5) is 0 Å². The Kier molecular flexibility index (Phi) is 7.55. The summed E-state index contributed by atoms with van der Waals surface area (Å²) in [4.78, 5) is 33.7. The highest BCUT2D eigenvalue weighted by Gasteiger charge is 2.22. The van der Waals surface area contributed by atoms with Crippen LogP contribution >= 0.6 is 0 Å². The van der Waals surface area contributed by atoms with Gasteiger partial charge in [0, 0.05) is 12.8 Å². The first-order valence-corrected chi connectivity index (χ1v) is 8.75. The molecular weight excluding hydrogens is 348 g/mol. The number of aliphatic carboxylic acids is 2. The van der Waals surface area contributed by atoms with Gasteiger partial charge in [-0.1, -0.05) is 54.6 Å². The molecule has 27 heavy (non-hydrogen) atoms. The summed E-state index contributed by atoms with van der Waals surface area (Å²) < 4.78 is 5.03. The van der Waals surface area contributed by atoms with E-state index < -0.39 is 24.0 Å². The number of benzene rings is 2. The first kappa shape index (κ1) is 20.2. The van der Waals surface area contributed by atoms with Gasteiger partial charge in [0.1, 0.15) is 0 Å². The molecule has 0 saturated carbocycles. The molecular formula is C21H22O6. The molecule has 0 aliphatic rings. The van der Waals surface area contributed by atoms with Gasteiger partial charge in [-0.3, -0.25) is 9.59 Å². The van der Waals surface area contributed by atoms with E-state index in [2.05, 4.69) is 0 Å². The Morgan fingerprint density at radius 3 is 2.22 bits per heavy atom. The lowest BCUT2D eigenvalue weighted by Gasteiger charge is -2.15. The molecule has 2 aromatic carbocycles. The Bertz CT molecular complexity index is 784. The highest BCUT2D eigenvalue weighted by Crippen LogP contribution is 2.25. The van der Waals surface area contributed by atoms with Gasteiger partial charge < -0.3 is 14.9 Å². The summed E-state index contributed by atoms with van der Waals surface area (Å²) >= 11 is 0. The van der Waals surface area contributed by atoms with Crippen molar-refractivity contribution in [2.24, 2.45) is 0 Å². The first-order valence-electron chi connectivity index (χ1n) is 8.75. The molecule has 0 aliphatic heterocycles. The Hall–Kier alpha value is -3.15. The van der Waals surface area contributed by atoms with Crippen LogP contribution < -0.4 is 0 Å². The highest BCUT2D eigenvalue weighted by atomic mass is 16.6. The summed E-state index contributed by atoms with van der Waals surface area (Å²) in [6, 6.07) is 17.5. The SMILES string of the molecule is O=C(O)CCCC(=O)OC(CCc1ccccc1-c1ccccc1)C(=O)O. The number of carboxylic acid groups (broad SMARTS) is 2. The summed E-state index contributed by atoms with van der Waals surface area (Å²) in [6.07, 6.45) is -0.828. The van der Waals surface area contributed by atoms with Gasteiger partial charge in [0.2, 0.25) is 0 Å². The third kappa shape index (κ3) is 6.58. The fourth-order valence-electron chi connectivity index (χ4n) is 2.76. The van der Waals surface area contributed by atoms with E-state index in [0.29, 0.717) is 6.42 Å². The van der Waals surface area contributed by atoms with Crippen molar-refractivity contribution >= 4 is 17.9 Å². The van der Waals surface area contributed by atoms with Crippen molar-refractivity contribution in [1.29, 1.82) is 0 Å². The Morgan fingerprint density at radius 1 is 0.889 bits per heavy atom. The average molecular weight is 370 g/mol. The minimum Gasteiger partial charge on any atom is -0.481 e. The molecule has 0 radical (unpaired) electrons. The maximum absolute atomic E-state index is 11.8. The molecule has 0 spiro atoms. The maximum Gasteiger partial charge on any atom is 0.345 e. The largest absolute Gasteiger partial charge is 0.481 e. The minimum absolute atomic E-state index is 0.114. The van der Waals surface area contributed by atoms with Crippen LogP contribution in [0.1, 0.15) is 31.2 Å². The standard InChI is InChI=1S/C21H22O6/c22-19(23)11-6-12-20(24)27-18(21(25)26)14-13-16-9-4-5-10-17(16)15-7-2-1-3-8-15/h1-5,7-10,18H,6,11-14H2,(H,22,23)(H,25,26). The van der Waals surface area contributed by atoms with Crippen molar-refractivity contribution in [2.45, 2.75) is 38.2 Å². The van der Waals surface area contributed by atoms with Gasteiger partial charge >= 0.3 is 17.9 Å². The fraction of sp³-hybridized carbons (Fsp3) is 0.286. The zero-order chi connectivity index (χ0) is 19.6. The van der Waals surface area contributed by atoms with Gasteiger partial charge in [0.25, 0.3) is 0 Å². The van der Waals surface area contributed by atoms with Crippen LogP contribution in [-0.2, 0) is 25.5 Å². The number of aryl methyl sites for hydroxylation is 1. The molecule has 0 bridgehead atoms. The van der Waals surface area contributed by atoms with Gasteiger partial charge in [-0.2, -0.15) is 0 Å². The lowest BCUT2D eigenvalue weighted by molar-refractivity contribution is -0.164. The molecule has 0 saturated heterocycles. The molecule has 1 atom stereocenters. The quantitative estimate of drug-likeness (QED) is 0.621. The van der Waals surface area contributed by atoms with E-state index in [1.807, 2.05) is 54.6 Å². The minimum atomic E-state index is -1.26. The van der Waals surface area contributed by atoms with Crippen LogP contribution in [0.25, 0.3) is 11.1 Å². The van der Waals surface area contributed by atoms with Crippen molar-refractivity contribution < 1.29 is 29.3 Å². The molecule has 1 unspecified atom stereocenters. The van der Waals surface area contributed by atoms with Crippen LogP contribution in [0.5, 0.6) is 0 Å². The van der Waals surface area contributed by atoms with E-state index in [1.54, 1.807) is 0 Å². The zero-order valence-electron chi connectivity index (χ0n) is 14.8. The Morgan fingerprint density at radius 2 is 1.56 bits per heavy atom. The van der Waals surface area contributed by atoms with E-state index >= 15 is 0 Å². The number of hydrogen-bond acceptors (Lipinski definition) is 4. The van der Waals surface area contributed by atoms with E-state index in [4.69, 9.17) is 9.84 Å².